The van der Waals surface area contributed by atoms with E-state index in [1.807, 2.05) is 37.2 Å². The molecule has 3 heteroatoms. The fourth-order valence-corrected chi connectivity index (χ4v) is 1.19. The van der Waals surface area contributed by atoms with Crippen molar-refractivity contribution in [2.75, 3.05) is 20.6 Å². The number of nitrogens with one attached hydrogen (secondary N) is 1. The van der Waals surface area contributed by atoms with Gasteiger partial charge in [0.2, 0.25) is 0 Å². The number of hydrogen-bond donors (Lipinski definition) is 2. The lowest BCUT2D eigenvalue weighted by Crippen LogP contribution is -2.22. The maximum Gasteiger partial charge on any atom is 0.0482 e. The Kier molecular flexibility index (Phi) is 8.41. The van der Waals surface area contributed by atoms with Crippen LogP contribution in [0.2, 0.25) is 0 Å². The highest BCUT2D eigenvalue weighted by atomic mass is 15.0. The predicted octanol–water partition coefficient (Wildman–Crippen LogP) is 2.50. The molecule has 0 unspecified atom stereocenters. The van der Waals surface area contributed by atoms with Crippen LogP contribution in [0.3, 0.4) is 0 Å². The minimum atomic E-state index is 0.275. The molecule has 0 bridgehead atoms. The molecule has 0 saturated heterocycles. The molecule has 1 aromatic carbocycles. The molecule has 0 aliphatic heterocycles. The highest BCUT2D eigenvalue weighted by Gasteiger charge is 2.03. The second kappa shape index (κ2) is 9.31. The van der Waals surface area contributed by atoms with Gasteiger partial charge in [-0.3, -0.25) is 0 Å². The molecule has 0 saturated carbocycles. The monoisotopic (exact) mass is 247 g/mol. The summed E-state index contributed by atoms with van der Waals surface area (Å²) in [6.07, 6.45) is 1.75. The largest absolute Gasteiger partial charge is 0.384 e. The summed E-state index contributed by atoms with van der Waals surface area (Å²) in [6, 6.07) is 10.5. The van der Waals surface area contributed by atoms with Crippen LogP contribution in [-0.4, -0.2) is 25.5 Å². The van der Waals surface area contributed by atoms with E-state index >= 15 is 0 Å². The minimum absolute atomic E-state index is 0.275. The van der Waals surface area contributed by atoms with E-state index in [4.69, 9.17) is 5.73 Å². The van der Waals surface area contributed by atoms with E-state index in [1.54, 1.807) is 6.20 Å². The highest BCUT2D eigenvalue weighted by molar-refractivity contribution is 5.19. The topological polar surface area (TPSA) is 41.3 Å². The Morgan fingerprint density at radius 1 is 1.39 bits per heavy atom. The van der Waals surface area contributed by atoms with Crippen molar-refractivity contribution in [3.8, 4) is 0 Å². The van der Waals surface area contributed by atoms with Crippen LogP contribution in [0.5, 0.6) is 0 Å². The number of nitrogens with zero attached hydrogens (tertiary/aromatic N) is 1. The number of rotatable bonds is 5. The van der Waals surface area contributed by atoms with Gasteiger partial charge in [0.1, 0.15) is 0 Å². The first-order valence-corrected chi connectivity index (χ1v) is 5.99. The number of nitrogens with two attached hydrogens (primary N) is 1. The zero-order chi connectivity index (χ0) is 14.0. The summed E-state index contributed by atoms with van der Waals surface area (Å²) >= 11 is 0. The van der Waals surface area contributed by atoms with E-state index in [0.717, 1.165) is 5.70 Å². The number of hydrogen-bond acceptors (Lipinski definition) is 3. The SMILES string of the molecule is C=C(CN)N[C@H](C)c1ccccc1.C=CN(C)C. The second-order valence-corrected chi connectivity index (χ2v) is 4.23. The maximum atomic E-state index is 5.44. The van der Waals surface area contributed by atoms with Gasteiger partial charge in [-0.1, -0.05) is 43.5 Å². The van der Waals surface area contributed by atoms with Crippen molar-refractivity contribution in [3.05, 3.63) is 61.0 Å². The molecule has 0 amide bonds. The molecule has 0 aliphatic rings. The third-order valence-corrected chi connectivity index (χ3v) is 2.33. The maximum absolute atomic E-state index is 5.44. The molecule has 1 rings (SSSR count). The van der Waals surface area contributed by atoms with Crippen LogP contribution in [-0.2, 0) is 0 Å². The van der Waals surface area contributed by atoms with Crippen LogP contribution < -0.4 is 11.1 Å². The molecule has 18 heavy (non-hydrogen) atoms. The average molecular weight is 247 g/mol. The molecule has 0 spiro atoms. The third-order valence-electron chi connectivity index (χ3n) is 2.33. The van der Waals surface area contributed by atoms with Gasteiger partial charge in [0.25, 0.3) is 0 Å². The van der Waals surface area contributed by atoms with Gasteiger partial charge in [-0.15, -0.1) is 0 Å². The molecule has 1 atom stereocenters. The molecular formula is C15H25N3. The van der Waals surface area contributed by atoms with E-state index in [-0.39, 0.29) is 6.04 Å². The Bertz CT molecular complexity index is 344. The van der Waals surface area contributed by atoms with Crippen molar-refractivity contribution >= 4 is 0 Å². The summed E-state index contributed by atoms with van der Waals surface area (Å²) in [7, 11) is 3.88. The third kappa shape index (κ3) is 7.52. The van der Waals surface area contributed by atoms with Gasteiger partial charge >= 0.3 is 0 Å². The van der Waals surface area contributed by atoms with Gasteiger partial charge in [-0.05, 0) is 18.7 Å². The van der Waals surface area contributed by atoms with Crippen LogP contribution in [0.1, 0.15) is 18.5 Å². The Balaban J connectivity index is 0.000000494. The Hall–Kier alpha value is -1.74. The van der Waals surface area contributed by atoms with Crippen molar-refractivity contribution in [2.45, 2.75) is 13.0 Å². The summed E-state index contributed by atoms with van der Waals surface area (Å²) in [5, 5.41) is 3.23. The van der Waals surface area contributed by atoms with Crippen LogP contribution in [0.4, 0.5) is 0 Å². The predicted molar refractivity (Wildman–Crippen MR) is 80.1 cm³/mol. The second-order valence-electron chi connectivity index (χ2n) is 4.23. The van der Waals surface area contributed by atoms with Crippen molar-refractivity contribution < 1.29 is 0 Å². The molecule has 1 aromatic rings. The van der Waals surface area contributed by atoms with Gasteiger partial charge in [0, 0.05) is 32.4 Å². The molecule has 0 fully saturated rings. The highest BCUT2D eigenvalue weighted by Crippen LogP contribution is 2.11. The van der Waals surface area contributed by atoms with E-state index in [1.165, 1.54) is 5.56 Å². The van der Waals surface area contributed by atoms with Crippen LogP contribution in [0, 0.1) is 0 Å². The van der Waals surface area contributed by atoms with Gasteiger partial charge in [-0.2, -0.15) is 0 Å². The van der Waals surface area contributed by atoms with Crippen molar-refractivity contribution in [2.24, 2.45) is 5.73 Å². The average Bonchev–Trinajstić information content (AvgIpc) is 2.40. The first-order valence-electron chi connectivity index (χ1n) is 5.99. The Labute approximate surface area is 111 Å². The summed E-state index contributed by atoms with van der Waals surface area (Å²) < 4.78 is 0. The molecule has 3 nitrogen and oxygen atoms in total. The van der Waals surface area contributed by atoms with Gasteiger partial charge in [0.05, 0.1) is 0 Å². The van der Waals surface area contributed by atoms with Crippen LogP contribution in [0.15, 0.2) is 55.4 Å². The summed E-state index contributed by atoms with van der Waals surface area (Å²) in [5.74, 6) is 0. The van der Waals surface area contributed by atoms with E-state index in [0.29, 0.717) is 6.54 Å². The molecule has 100 valence electrons. The molecule has 0 aliphatic carbocycles. The molecular weight excluding hydrogens is 222 g/mol. The summed E-state index contributed by atoms with van der Waals surface area (Å²) in [4.78, 5) is 1.89. The van der Waals surface area contributed by atoms with Crippen LogP contribution >= 0.6 is 0 Å². The van der Waals surface area contributed by atoms with Gasteiger partial charge < -0.3 is 16.0 Å². The number of benzene rings is 1. The van der Waals surface area contributed by atoms with Crippen molar-refractivity contribution in [1.82, 2.24) is 10.2 Å². The van der Waals surface area contributed by atoms with Crippen molar-refractivity contribution in [3.63, 3.8) is 0 Å². The summed E-state index contributed by atoms with van der Waals surface area (Å²) in [6.45, 7) is 9.87. The first-order chi connectivity index (χ1) is 8.51. The lowest BCUT2D eigenvalue weighted by molar-refractivity contribution is 0.566. The summed E-state index contributed by atoms with van der Waals surface area (Å²) in [5.41, 5.74) is 7.56. The van der Waals surface area contributed by atoms with Crippen molar-refractivity contribution in [1.29, 1.82) is 0 Å². The van der Waals surface area contributed by atoms with E-state index in [2.05, 4.69) is 37.5 Å². The lowest BCUT2D eigenvalue weighted by Gasteiger charge is -2.16. The molecule has 0 radical (unpaired) electrons. The van der Waals surface area contributed by atoms with Gasteiger partial charge in [-0.25, -0.2) is 0 Å². The zero-order valence-electron chi connectivity index (χ0n) is 11.7. The smallest absolute Gasteiger partial charge is 0.0482 e. The quantitative estimate of drug-likeness (QED) is 0.840. The van der Waals surface area contributed by atoms with Crippen LogP contribution in [0.25, 0.3) is 0 Å². The first kappa shape index (κ1) is 16.3. The zero-order valence-corrected chi connectivity index (χ0v) is 11.7. The molecule has 3 N–H and O–H groups in total. The minimum Gasteiger partial charge on any atom is -0.384 e. The standard InChI is InChI=1S/C11H16N2.C4H9N/c1-9(8-12)13-10(2)11-6-4-3-5-7-11;1-4-5(2)3/h3-7,10,13H,1,8,12H2,2H3;4H,1H2,2-3H3/t10-;/m1./s1. The normalized spacial score (nSPS) is 10.7. The molecule has 0 aromatic heterocycles. The lowest BCUT2D eigenvalue weighted by atomic mass is 10.1. The Morgan fingerprint density at radius 3 is 2.28 bits per heavy atom. The van der Waals surface area contributed by atoms with Gasteiger partial charge in [0.15, 0.2) is 0 Å². The fourth-order valence-electron chi connectivity index (χ4n) is 1.19. The Morgan fingerprint density at radius 2 is 1.89 bits per heavy atom. The fraction of sp³-hybridized carbons (Fsp3) is 0.333. The van der Waals surface area contributed by atoms with E-state index < -0.39 is 0 Å². The van der Waals surface area contributed by atoms with E-state index in [9.17, 15) is 0 Å². The molecule has 0 heterocycles.